The maximum absolute atomic E-state index is 6.21. The van der Waals surface area contributed by atoms with E-state index in [1.807, 2.05) is 18.2 Å². The van der Waals surface area contributed by atoms with Crippen LogP contribution in [0.15, 0.2) is 18.2 Å². The summed E-state index contributed by atoms with van der Waals surface area (Å²) >= 11 is 0. The molecule has 1 rings (SSSR count). The molecular formula is C13H23NO2Si. The van der Waals surface area contributed by atoms with E-state index in [1.54, 1.807) is 7.11 Å². The molecule has 0 saturated heterocycles. The molecule has 0 saturated carbocycles. The van der Waals surface area contributed by atoms with E-state index in [9.17, 15) is 0 Å². The monoisotopic (exact) mass is 253 g/mol. The summed E-state index contributed by atoms with van der Waals surface area (Å²) in [5.74, 6) is 1.39. The summed E-state index contributed by atoms with van der Waals surface area (Å²) in [6.45, 7) is 11.0. The number of para-hydroxylation sites is 1. The minimum absolute atomic E-state index is 0.139. The molecule has 1 aromatic carbocycles. The number of anilines is 1. The predicted octanol–water partition coefficient (Wildman–Crippen LogP) is 3.66. The Morgan fingerprint density at radius 1 is 1.18 bits per heavy atom. The largest absolute Gasteiger partial charge is 0.540 e. The fourth-order valence-electron chi connectivity index (χ4n) is 1.21. The van der Waals surface area contributed by atoms with Crippen LogP contribution >= 0.6 is 0 Å². The number of hydrogen-bond acceptors (Lipinski definition) is 3. The molecule has 0 aliphatic carbocycles. The van der Waals surface area contributed by atoms with Crippen molar-refractivity contribution in [1.29, 1.82) is 0 Å². The molecule has 0 amide bonds. The maximum Gasteiger partial charge on any atom is 0.250 e. The molecule has 4 heteroatoms. The second kappa shape index (κ2) is 4.60. The third-order valence-electron chi connectivity index (χ3n) is 3.39. The molecule has 2 N–H and O–H groups in total. The highest BCUT2D eigenvalue weighted by atomic mass is 28.4. The van der Waals surface area contributed by atoms with E-state index in [1.165, 1.54) is 0 Å². The average molecular weight is 253 g/mol. The van der Waals surface area contributed by atoms with Crippen molar-refractivity contribution >= 4 is 14.0 Å². The van der Waals surface area contributed by atoms with Gasteiger partial charge in [-0.1, -0.05) is 26.8 Å². The number of benzene rings is 1. The summed E-state index contributed by atoms with van der Waals surface area (Å²) in [6.07, 6.45) is 0. The fraction of sp³-hybridized carbons (Fsp3) is 0.538. The van der Waals surface area contributed by atoms with Crippen LogP contribution in [0.1, 0.15) is 20.8 Å². The van der Waals surface area contributed by atoms with Gasteiger partial charge in [0, 0.05) is 0 Å². The van der Waals surface area contributed by atoms with Crippen LogP contribution in [0.5, 0.6) is 11.5 Å². The zero-order chi connectivity index (χ0) is 13.3. The van der Waals surface area contributed by atoms with Gasteiger partial charge in [0.2, 0.25) is 0 Å². The van der Waals surface area contributed by atoms with Gasteiger partial charge in [-0.15, -0.1) is 0 Å². The molecule has 0 spiro atoms. The summed E-state index contributed by atoms with van der Waals surface area (Å²) in [5.41, 5.74) is 6.60. The normalized spacial score (nSPS) is 12.4. The van der Waals surface area contributed by atoms with Gasteiger partial charge in [0.05, 0.1) is 12.8 Å². The van der Waals surface area contributed by atoms with Crippen LogP contribution in [0.4, 0.5) is 5.69 Å². The first kappa shape index (κ1) is 13.9. The number of hydrogen-bond donors (Lipinski definition) is 1. The van der Waals surface area contributed by atoms with Crippen molar-refractivity contribution in [3.8, 4) is 11.5 Å². The van der Waals surface area contributed by atoms with Gasteiger partial charge in [-0.05, 0) is 30.3 Å². The molecule has 0 aliphatic heterocycles. The van der Waals surface area contributed by atoms with Crippen LogP contribution in [0.2, 0.25) is 18.1 Å². The summed E-state index contributed by atoms with van der Waals surface area (Å²) < 4.78 is 11.5. The zero-order valence-electron chi connectivity index (χ0n) is 11.6. The first-order valence-corrected chi connectivity index (χ1v) is 8.71. The van der Waals surface area contributed by atoms with Gasteiger partial charge in [-0.3, -0.25) is 0 Å². The van der Waals surface area contributed by atoms with E-state index in [2.05, 4.69) is 33.9 Å². The molecule has 0 radical (unpaired) electrons. The molecule has 0 aliphatic rings. The SMILES string of the molecule is COc1cccc(N)c1O[Si](C)(C)C(C)(C)C. The van der Waals surface area contributed by atoms with E-state index < -0.39 is 8.32 Å². The lowest BCUT2D eigenvalue weighted by molar-refractivity contribution is 0.387. The van der Waals surface area contributed by atoms with Gasteiger partial charge in [0.25, 0.3) is 8.32 Å². The van der Waals surface area contributed by atoms with Crippen LogP contribution in [-0.4, -0.2) is 15.4 Å². The van der Waals surface area contributed by atoms with Crippen molar-refractivity contribution in [2.75, 3.05) is 12.8 Å². The molecule has 96 valence electrons. The highest BCUT2D eigenvalue weighted by molar-refractivity contribution is 6.74. The Morgan fingerprint density at radius 2 is 1.76 bits per heavy atom. The molecular weight excluding hydrogens is 230 g/mol. The molecule has 0 heterocycles. The lowest BCUT2D eigenvalue weighted by atomic mass is 10.2. The highest BCUT2D eigenvalue weighted by Crippen LogP contribution is 2.42. The Morgan fingerprint density at radius 3 is 2.24 bits per heavy atom. The first-order chi connectivity index (χ1) is 7.69. The summed E-state index contributed by atoms with van der Waals surface area (Å²) in [7, 11) is -0.253. The Balaban J connectivity index is 3.11. The van der Waals surface area contributed by atoms with Gasteiger partial charge < -0.3 is 14.9 Å². The van der Waals surface area contributed by atoms with Crippen molar-refractivity contribution in [3.63, 3.8) is 0 Å². The Kier molecular flexibility index (Phi) is 3.77. The lowest BCUT2D eigenvalue weighted by Gasteiger charge is -2.37. The van der Waals surface area contributed by atoms with Crippen molar-refractivity contribution in [3.05, 3.63) is 18.2 Å². The van der Waals surface area contributed by atoms with Gasteiger partial charge in [0.1, 0.15) is 0 Å². The summed E-state index contributed by atoms with van der Waals surface area (Å²) in [5, 5.41) is 0.139. The average Bonchev–Trinajstić information content (AvgIpc) is 2.19. The van der Waals surface area contributed by atoms with Gasteiger partial charge in [0.15, 0.2) is 11.5 Å². The third-order valence-corrected chi connectivity index (χ3v) is 7.72. The number of methoxy groups -OCH3 is 1. The molecule has 3 nitrogen and oxygen atoms in total. The van der Waals surface area contributed by atoms with Crippen molar-refractivity contribution in [1.82, 2.24) is 0 Å². The van der Waals surface area contributed by atoms with E-state index in [4.69, 9.17) is 14.9 Å². The molecule has 0 unspecified atom stereocenters. The fourth-order valence-corrected chi connectivity index (χ4v) is 2.25. The number of nitrogens with two attached hydrogens (primary N) is 1. The van der Waals surface area contributed by atoms with Crippen molar-refractivity contribution in [2.45, 2.75) is 38.9 Å². The van der Waals surface area contributed by atoms with Crippen molar-refractivity contribution < 1.29 is 9.16 Å². The highest BCUT2D eigenvalue weighted by Gasteiger charge is 2.39. The molecule has 0 bridgehead atoms. The Hall–Kier alpha value is -1.16. The summed E-state index contributed by atoms with van der Waals surface area (Å²) in [6, 6.07) is 5.58. The maximum atomic E-state index is 6.21. The topological polar surface area (TPSA) is 44.5 Å². The quantitative estimate of drug-likeness (QED) is 0.660. The van der Waals surface area contributed by atoms with E-state index in [0.717, 1.165) is 0 Å². The van der Waals surface area contributed by atoms with Crippen LogP contribution in [0.3, 0.4) is 0 Å². The minimum Gasteiger partial charge on any atom is -0.540 e. The molecule has 1 aromatic rings. The van der Waals surface area contributed by atoms with Crippen LogP contribution in [0.25, 0.3) is 0 Å². The molecule has 0 fully saturated rings. The number of nitrogen functional groups attached to an aromatic ring is 1. The van der Waals surface area contributed by atoms with Gasteiger partial charge in [-0.2, -0.15) is 0 Å². The van der Waals surface area contributed by atoms with Gasteiger partial charge in [-0.25, -0.2) is 0 Å². The smallest absolute Gasteiger partial charge is 0.250 e. The number of ether oxygens (including phenoxy) is 1. The molecule has 0 atom stereocenters. The van der Waals surface area contributed by atoms with E-state index in [0.29, 0.717) is 17.2 Å². The summed E-state index contributed by atoms with van der Waals surface area (Å²) in [4.78, 5) is 0. The van der Waals surface area contributed by atoms with Crippen LogP contribution in [0, 0.1) is 0 Å². The lowest BCUT2D eigenvalue weighted by Crippen LogP contribution is -2.44. The van der Waals surface area contributed by atoms with Crippen LogP contribution < -0.4 is 14.9 Å². The second-order valence-corrected chi connectivity index (χ2v) is 10.5. The third kappa shape index (κ3) is 2.94. The number of rotatable bonds is 3. The second-order valence-electron chi connectivity index (χ2n) is 5.74. The van der Waals surface area contributed by atoms with E-state index >= 15 is 0 Å². The first-order valence-electron chi connectivity index (χ1n) is 5.80. The van der Waals surface area contributed by atoms with Crippen LogP contribution in [-0.2, 0) is 0 Å². The Labute approximate surface area is 105 Å². The molecule has 17 heavy (non-hydrogen) atoms. The van der Waals surface area contributed by atoms with Crippen molar-refractivity contribution in [2.24, 2.45) is 0 Å². The zero-order valence-corrected chi connectivity index (χ0v) is 12.6. The standard InChI is InChI=1S/C13H23NO2Si/c1-13(2,3)17(5,6)16-12-10(14)8-7-9-11(12)15-4/h7-9H,14H2,1-6H3. The Bertz CT molecular complexity index is 397. The minimum atomic E-state index is -1.88. The van der Waals surface area contributed by atoms with Gasteiger partial charge >= 0.3 is 0 Å². The molecule has 0 aromatic heterocycles. The predicted molar refractivity (Wildman–Crippen MR) is 75.2 cm³/mol. The van der Waals surface area contributed by atoms with E-state index in [-0.39, 0.29) is 5.04 Å².